The Bertz CT molecular complexity index is 451. The van der Waals surface area contributed by atoms with Crippen LogP contribution in [0.25, 0.3) is 0 Å². The van der Waals surface area contributed by atoms with Crippen molar-refractivity contribution in [1.82, 2.24) is 14.5 Å². The zero-order chi connectivity index (χ0) is 14.1. The molecule has 0 bridgehead atoms. The molecule has 3 heterocycles. The highest BCUT2D eigenvalue weighted by Crippen LogP contribution is 2.24. The Morgan fingerprint density at radius 2 is 2.20 bits per heavy atom. The van der Waals surface area contributed by atoms with Crippen LogP contribution in [0.4, 0.5) is 0 Å². The number of likely N-dealkylation sites (tertiary alicyclic amines) is 1. The van der Waals surface area contributed by atoms with Gasteiger partial charge in [0.15, 0.2) is 0 Å². The largest absolute Gasteiger partial charge is 0.330 e. The van der Waals surface area contributed by atoms with Crippen LogP contribution in [0.1, 0.15) is 44.6 Å². The van der Waals surface area contributed by atoms with Gasteiger partial charge in [-0.1, -0.05) is 0 Å². The van der Waals surface area contributed by atoms with Crippen LogP contribution in [0.15, 0.2) is 6.20 Å². The first-order chi connectivity index (χ1) is 9.63. The maximum absolute atomic E-state index is 6.12. The summed E-state index contributed by atoms with van der Waals surface area (Å²) in [5, 5.41) is 0. The molecule has 1 aromatic rings. The number of piperidine rings is 1. The molecular weight excluding hydrogens is 248 g/mol. The first kappa shape index (κ1) is 14.1. The van der Waals surface area contributed by atoms with Crippen molar-refractivity contribution in [2.24, 2.45) is 11.7 Å². The van der Waals surface area contributed by atoms with Crippen molar-refractivity contribution in [3.05, 3.63) is 17.7 Å². The molecule has 4 nitrogen and oxygen atoms in total. The van der Waals surface area contributed by atoms with Gasteiger partial charge in [0.1, 0.15) is 5.82 Å². The summed E-state index contributed by atoms with van der Waals surface area (Å²) in [6.07, 6.45) is 8.07. The SMILES string of the molecule is CC(C)N1CCCC(Cc2ncc3n2CC(N)CC3)C1. The summed E-state index contributed by atoms with van der Waals surface area (Å²) in [6, 6.07) is 0.981. The lowest BCUT2D eigenvalue weighted by molar-refractivity contribution is 0.138. The smallest absolute Gasteiger partial charge is 0.109 e. The number of rotatable bonds is 3. The Hall–Kier alpha value is -0.870. The van der Waals surface area contributed by atoms with E-state index in [-0.39, 0.29) is 0 Å². The summed E-state index contributed by atoms with van der Waals surface area (Å²) < 4.78 is 2.39. The third kappa shape index (κ3) is 2.91. The lowest BCUT2D eigenvalue weighted by Crippen LogP contribution is -2.41. The van der Waals surface area contributed by atoms with E-state index in [1.54, 1.807) is 0 Å². The first-order valence-corrected chi connectivity index (χ1v) is 8.16. The second-order valence-electron chi connectivity index (χ2n) is 6.88. The fraction of sp³-hybridized carbons (Fsp3) is 0.812. The number of aromatic nitrogens is 2. The number of hydrogen-bond acceptors (Lipinski definition) is 3. The molecule has 2 aliphatic heterocycles. The number of aryl methyl sites for hydroxylation is 1. The minimum Gasteiger partial charge on any atom is -0.330 e. The molecule has 1 aromatic heterocycles. The van der Waals surface area contributed by atoms with E-state index in [4.69, 9.17) is 5.73 Å². The van der Waals surface area contributed by atoms with Crippen LogP contribution in [0.3, 0.4) is 0 Å². The number of imidazole rings is 1. The van der Waals surface area contributed by atoms with E-state index >= 15 is 0 Å². The molecular formula is C16H28N4. The van der Waals surface area contributed by atoms with Gasteiger partial charge in [-0.15, -0.1) is 0 Å². The van der Waals surface area contributed by atoms with E-state index < -0.39 is 0 Å². The standard InChI is InChI=1S/C16H28N4/c1-12(2)19-7-3-4-13(10-19)8-16-18-9-15-6-5-14(17)11-20(15)16/h9,12-14H,3-8,10-11,17H2,1-2H3. The molecule has 0 aromatic carbocycles. The summed E-state index contributed by atoms with van der Waals surface area (Å²) in [5.41, 5.74) is 7.50. The summed E-state index contributed by atoms with van der Waals surface area (Å²) in [7, 11) is 0. The van der Waals surface area contributed by atoms with Crippen molar-refractivity contribution < 1.29 is 0 Å². The molecule has 0 saturated carbocycles. The minimum absolute atomic E-state index is 0.314. The lowest BCUT2D eigenvalue weighted by Gasteiger charge is -2.35. The number of nitrogens with two attached hydrogens (primary N) is 1. The van der Waals surface area contributed by atoms with E-state index in [1.807, 2.05) is 0 Å². The molecule has 2 N–H and O–H groups in total. The van der Waals surface area contributed by atoms with Gasteiger partial charge < -0.3 is 15.2 Å². The molecule has 4 heteroatoms. The van der Waals surface area contributed by atoms with Gasteiger partial charge in [0, 0.05) is 43.5 Å². The zero-order valence-electron chi connectivity index (χ0n) is 12.9. The van der Waals surface area contributed by atoms with Gasteiger partial charge in [-0.25, -0.2) is 4.98 Å². The summed E-state index contributed by atoms with van der Waals surface area (Å²) >= 11 is 0. The predicted octanol–water partition coefficient (Wildman–Crippen LogP) is 1.82. The van der Waals surface area contributed by atoms with Crippen molar-refractivity contribution >= 4 is 0 Å². The molecule has 2 unspecified atom stereocenters. The minimum atomic E-state index is 0.314. The molecule has 1 saturated heterocycles. The van der Waals surface area contributed by atoms with E-state index in [0.29, 0.717) is 12.1 Å². The van der Waals surface area contributed by atoms with Gasteiger partial charge >= 0.3 is 0 Å². The van der Waals surface area contributed by atoms with E-state index in [1.165, 1.54) is 37.4 Å². The van der Waals surface area contributed by atoms with Crippen molar-refractivity contribution in [2.75, 3.05) is 13.1 Å². The highest BCUT2D eigenvalue weighted by molar-refractivity contribution is 5.10. The topological polar surface area (TPSA) is 47.1 Å². The number of nitrogens with zero attached hydrogens (tertiary/aromatic N) is 3. The molecule has 2 aliphatic rings. The summed E-state index contributed by atoms with van der Waals surface area (Å²) in [6.45, 7) is 8.06. The molecule has 112 valence electrons. The number of hydrogen-bond donors (Lipinski definition) is 1. The van der Waals surface area contributed by atoms with Crippen LogP contribution >= 0.6 is 0 Å². The lowest BCUT2D eigenvalue weighted by atomic mass is 9.93. The molecule has 1 fully saturated rings. The normalized spacial score (nSPS) is 27.8. The van der Waals surface area contributed by atoms with Crippen molar-refractivity contribution in [1.29, 1.82) is 0 Å². The van der Waals surface area contributed by atoms with E-state index in [9.17, 15) is 0 Å². The van der Waals surface area contributed by atoms with Gasteiger partial charge in [0.2, 0.25) is 0 Å². The quantitative estimate of drug-likeness (QED) is 0.916. The Balaban J connectivity index is 1.67. The van der Waals surface area contributed by atoms with Crippen LogP contribution in [0.2, 0.25) is 0 Å². The molecule has 20 heavy (non-hydrogen) atoms. The molecule has 0 aliphatic carbocycles. The monoisotopic (exact) mass is 276 g/mol. The summed E-state index contributed by atoms with van der Waals surface area (Å²) in [5.74, 6) is 2.03. The average molecular weight is 276 g/mol. The number of fused-ring (bicyclic) bond motifs is 1. The third-order valence-electron chi connectivity index (χ3n) is 4.96. The second-order valence-corrected chi connectivity index (χ2v) is 6.88. The molecule has 0 amide bonds. The highest BCUT2D eigenvalue weighted by atomic mass is 15.2. The predicted molar refractivity (Wildman–Crippen MR) is 81.7 cm³/mol. The highest BCUT2D eigenvalue weighted by Gasteiger charge is 2.25. The van der Waals surface area contributed by atoms with E-state index in [0.717, 1.165) is 31.7 Å². The van der Waals surface area contributed by atoms with Crippen molar-refractivity contribution in [3.63, 3.8) is 0 Å². The maximum atomic E-state index is 6.12. The molecule has 0 spiro atoms. The second kappa shape index (κ2) is 5.86. The van der Waals surface area contributed by atoms with Crippen LogP contribution < -0.4 is 5.73 Å². The van der Waals surface area contributed by atoms with Crippen LogP contribution in [0.5, 0.6) is 0 Å². The Kier molecular flexibility index (Phi) is 4.13. The van der Waals surface area contributed by atoms with Gasteiger partial charge in [0.05, 0.1) is 0 Å². The zero-order valence-corrected chi connectivity index (χ0v) is 12.9. The third-order valence-corrected chi connectivity index (χ3v) is 4.96. The van der Waals surface area contributed by atoms with Gasteiger partial charge in [-0.05, 0) is 52.0 Å². The Morgan fingerprint density at radius 1 is 1.35 bits per heavy atom. The van der Waals surface area contributed by atoms with Crippen LogP contribution in [0, 0.1) is 5.92 Å². The fourth-order valence-electron chi connectivity index (χ4n) is 3.69. The fourth-order valence-corrected chi connectivity index (χ4v) is 3.69. The Morgan fingerprint density at radius 3 is 3.00 bits per heavy atom. The van der Waals surface area contributed by atoms with Crippen LogP contribution in [-0.4, -0.2) is 39.6 Å². The molecule has 0 radical (unpaired) electrons. The van der Waals surface area contributed by atoms with Gasteiger partial charge in [-0.2, -0.15) is 0 Å². The van der Waals surface area contributed by atoms with E-state index in [2.05, 4.69) is 34.5 Å². The van der Waals surface area contributed by atoms with Gasteiger partial charge in [-0.3, -0.25) is 0 Å². The summed E-state index contributed by atoms with van der Waals surface area (Å²) in [4.78, 5) is 7.30. The first-order valence-electron chi connectivity index (χ1n) is 8.16. The average Bonchev–Trinajstić information content (AvgIpc) is 2.82. The Labute approximate surface area is 122 Å². The molecule has 3 rings (SSSR count). The van der Waals surface area contributed by atoms with Crippen molar-refractivity contribution in [3.8, 4) is 0 Å². The van der Waals surface area contributed by atoms with Crippen LogP contribution in [-0.2, 0) is 19.4 Å². The molecule has 2 atom stereocenters. The van der Waals surface area contributed by atoms with Gasteiger partial charge in [0.25, 0.3) is 0 Å². The van der Waals surface area contributed by atoms with Crippen molar-refractivity contribution in [2.45, 2.75) is 64.6 Å². The maximum Gasteiger partial charge on any atom is 0.109 e.